The van der Waals surface area contributed by atoms with Gasteiger partial charge in [0.1, 0.15) is 11.6 Å². The molecule has 1 heterocycles. The second kappa shape index (κ2) is 12.0. The van der Waals surface area contributed by atoms with Crippen molar-refractivity contribution in [3.63, 3.8) is 0 Å². The summed E-state index contributed by atoms with van der Waals surface area (Å²) in [6.45, 7) is 5.13. The number of carbonyl (C=O) groups is 2. The van der Waals surface area contributed by atoms with Crippen LogP contribution in [0.5, 0.6) is 0 Å². The van der Waals surface area contributed by atoms with Crippen molar-refractivity contribution in [2.75, 3.05) is 18.4 Å². The van der Waals surface area contributed by atoms with Crippen molar-refractivity contribution in [3.05, 3.63) is 84.1 Å². The highest BCUT2D eigenvalue weighted by Gasteiger charge is 2.29. The molecule has 1 N–H and O–H groups in total. The van der Waals surface area contributed by atoms with Crippen LogP contribution in [0.4, 0.5) is 10.1 Å². The van der Waals surface area contributed by atoms with E-state index in [2.05, 4.69) is 5.32 Å². The molecule has 2 amide bonds. The number of sulfonamides is 1. The van der Waals surface area contributed by atoms with Gasteiger partial charge >= 0.3 is 0 Å². The number of nitrogens with zero attached hydrogens (tertiary/aromatic N) is 2. The van der Waals surface area contributed by atoms with Crippen molar-refractivity contribution < 1.29 is 26.8 Å². The summed E-state index contributed by atoms with van der Waals surface area (Å²) in [5, 5.41) is 2.60. The SMILES string of the molecule is CC(=O)Nc1ccc(S(=O)(=O)N(CC(=O)N(Cc2ccc(F)cc2)Cc2ccco2)CC(C)C)cc1. The Morgan fingerprint density at radius 3 is 2.22 bits per heavy atom. The number of carbonyl (C=O) groups excluding carboxylic acids is 2. The van der Waals surface area contributed by atoms with E-state index < -0.39 is 15.9 Å². The number of furan rings is 1. The number of benzene rings is 2. The molecule has 0 saturated carbocycles. The van der Waals surface area contributed by atoms with E-state index in [9.17, 15) is 22.4 Å². The average Bonchev–Trinajstić information content (AvgIpc) is 3.32. The van der Waals surface area contributed by atoms with Crippen LogP contribution in [0.2, 0.25) is 0 Å². The highest BCUT2D eigenvalue weighted by molar-refractivity contribution is 7.89. The van der Waals surface area contributed by atoms with Gasteiger partial charge in [0.05, 0.1) is 24.2 Å². The molecule has 8 nitrogen and oxygen atoms in total. The van der Waals surface area contributed by atoms with Crippen LogP contribution >= 0.6 is 0 Å². The first kappa shape index (κ1) is 27.1. The number of hydrogen-bond acceptors (Lipinski definition) is 5. The molecule has 0 radical (unpaired) electrons. The van der Waals surface area contributed by atoms with Gasteiger partial charge in [0.25, 0.3) is 0 Å². The van der Waals surface area contributed by atoms with E-state index in [0.29, 0.717) is 17.0 Å². The summed E-state index contributed by atoms with van der Waals surface area (Å²) < 4.78 is 46.9. The Labute approximate surface area is 210 Å². The molecule has 192 valence electrons. The van der Waals surface area contributed by atoms with E-state index in [1.807, 2.05) is 13.8 Å². The smallest absolute Gasteiger partial charge is 0.243 e. The highest BCUT2D eigenvalue weighted by Crippen LogP contribution is 2.21. The molecule has 1 aromatic heterocycles. The van der Waals surface area contributed by atoms with Crippen LogP contribution in [0, 0.1) is 11.7 Å². The van der Waals surface area contributed by atoms with Gasteiger partial charge in [0.2, 0.25) is 21.8 Å². The second-order valence-corrected chi connectivity index (χ2v) is 10.8. The predicted octanol–water partition coefficient (Wildman–Crippen LogP) is 4.25. The zero-order valence-corrected chi connectivity index (χ0v) is 21.3. The summed E-state index contributed by atoms with van der Waals surface area (Å²) in [6.07, 6.45) is 1.50. The Balaban J connectivity index is 1.85. The zero-order chi connectivity index (χ0) is 26.3. The fourth-order valence-electron chi connectivity index (χ4n) is 3.60. The Bertz CT molecular complexity index is 1260. The standard InChI is InChI=1S/C26H30FN3O5S/c1-19(2)15-30(36(33,34)25-12-10-23(11-13-25)28-20(3)31)18-26(32)29(17-24-5-4-14-35-24)16-21-6-8-22(27)9-7-21/h4-14,19H,15-18H2,1-3H3,(H,28,31). The summed E-state index contributed by atoms with van der Waals surface area (Å²) >= 11 is 0. The lowest BCUT2D eigenvalue weighted by atomic mass is 10.2. The third-order valence-electron chi connectivity index (χ3n) is 5.26. The summed E-state index contributed by atoms with van der Waals surface area (Å²) in [4.78, 5) is 26.2. The lowest BCUT2D eigenvalue weighted by Gasteiger charge is -2.28. The Hall–Kier alpha value is -3.50. The van der Waals surface area contributed by atoms with Gasteiger partial charge in [0.15, 0.2) is 0 Å². The van der Waals surface area contributed by atoms with Crippen LogP contribution in [-0.4, -0.2) is 42.5 Å². The minimum Gasteiger partial charge on any atom is -0.467 e. The molecule has 2 aromatic carbocycles. The molecule has 0 aliphatic rings. The van der Waals surface area contributed by atoms with E-state index >= 15 is 0 Å². The maximum Gasteiger partial charge on any atom is 0.243 e. The summed E-state index contributed by atoms with van der Waals surface area (Å²) in [6, 6.07) is 15.0. The molecule has 0 atom stereocenters. The van der Waals surface area contributed by atoms with Crippen molar-refractivity contribution in [1.82, 2.24) is 9.21 Å². The van der Waals surface area contributed by atoms with Crippen molar-refractivity contribution in [1.29, 1.82) is 0 Å². The number of hydrogen-bond donors (Lipinski definition) is 1. The van der Waals surface area contributed by atoms with Crippen LogP contribution in [-0.2, 0) is 32.7 Å². The van der Waals surface area contributed by atoms with Crippen LogP contribution in [0.25, 0.3) is 0 Å². The molecular weight excluding hydrogens is 485 g/mol. The lowest BCUT2D eigenvalue weighted by Crippen LogP contribution is -2.43. The van der Waals surface area contributed by atoms with Gasteiger partial charge < -0.3 is 14.6 Å². The number of amides is 2. The Morgan fingerprint density at radius 2 is 1.67 bits per heavy atom. The first-order valence-electron chi connectivity index (χ1n) is 11.5. The minimum atomic E-state index is -4.01. The number of anilines is 1. The Kier molecular flexibility index (Phi) is 9.00. The van der Waals surface area contributed by atoms with Crippen LogP contribution < -0.4 is 5.32 Å². The quantitative estimate of drug-likeness (QED) is 0.412. The molecule has 0 spiro atoms. The van der Waals surface area contributed by atoms with Gasteiger partial charge in [-0.1, -0.05) is 26.0 Å². The van der Waals surface area contributed by atoms with E-state index in [1.165, 1.54) is 54.5 Å². The molecule has 0 aliphatic carbocycles. The molecular formula is C26H30FN3O5S. The molecule has 0 saturated heterocycles. The molecule has 10 heteroatoms. The van der Waals surface area contributed by atoms with Gasteiger partial charge in [-0.15, -0.1) is 0 Å². The monoisotopic (exact) mass is 515 g/mol. The lowest BCUT2D eigenvalue weighted by molar-refractivity contribution is -0.133. The van der Waals surface area contributed by atoms with Crippen molar-refractivity contribution in [2.45, 2.75) is 38.8 Å². The van der Waals surface area contributed by atoms with E-state index in [4.69, 9.17) is 4.42 Å². The fourth-order valence-corrected chi connectivity index (χ4v) is 5.15. The second-order valence-electron chi connectivity index (χ2n) is 8.85. The third kappa shape index (κ3) is 7.50. The number of rotatable bonds is 11. The molecule has 0 fully saturated rings. The fraction of sp³-hybridized carbons (Fsp3) is 0.308. The Morgan fingerprint density at radius 1 is 1.00 bits per heavy atom. The molecule has 3 aromatic rings. The van der Waals surface area contributed by atoms with Crippen LogP contribution in [0.15, 0.2) is 76.2 Å². The first-order chi connectivity index (χ1) is 17.0. The molecule has 3 rings (SSSR count). The van der Waals surface area contributed by atoms with E-state index in [0.717, 1.165) is 4.31 Å². The van der Waals surface area contributed by atoms with Crippen molar-refractivity contribution in [2.24, 2.45) is 5.92 Å². The third-order valence-corrected chi connectivity index (χ3v) is 7.08. The van der Waals surface area contributed by atoms with Gasteiger partial charge in [-0.25, -0.2) is 12.8 Å². The molecule has 36 heavy (non-hydrogen) atoms. The zero-order valence-electron chi connectivity index (χ0n) is 20.5. The highest BCUT2D eigenvalue weighted by atomic mass is 32.2. The largest absolute Gasteiger partial charge is 0.467 e. The van der Waals surface area contributed by atoms with Crippen LogP contribution in [0.3, 0.4) is 0 Å². The van der Waals surface area contributed by atoms with E-state index in [-0.39, 0.29) is 48.7 Å². The van der Waals surface area contributed by atoms with Gasteiger partial charge in [-0.05, 0) is 60.0 Å². The summed E-state index contributed by atoms with van der Waals surface area (Å²) in [5.41, 5.74) is 1.17. The molecule has 0 bridgehead atoms. The maximum atomic E-state index is 13.5. The first-order valence-corrected chi connectivity index (χ1v) is 12.9. The summed E-state index contributed by atoms with van der Waals surface area (Å²) in [7, 11) is -4.01. The number of nitrogens with one attached hydrogen (secondary N) is 1. The van der Waals surface area contributed by atoms with Gasteiger partial charge in [-0.2, -0.15) is 4.31 Å². The van der Waals surface area contributed by atoms with Crippen molar-refractivity contribution >= 4 is 27.5 Å². The maximum absolute atomic E-state index is 13.5. The van der Waals surface area contributed by atoms with Gasteiger partial charge in [-0.3, -0.25) is 9.59 Å². The normalized spacial score (nSPS) is 11.6. The van der Waals surface area contributed by atoms with Crippen molar-refractivity contribution in [3.8, 4) is 0 Å². The average molecular weight is 516 g/mol. The minimum absolute atomic E-state index is 0.0150. The van der Waals surface area contributed by atoms with Gasteiger partial charge in [0, 0.05) is 25.7 Å². The molecule has 0 unspecified atom stereocenters. The van der Waals surface area contributed by atoms with E-state index in [1.54, 1.807) is 24.3 Å². The number of halogens is 1. The molecule has 0 aliphatic heterocycles. The van der Waals surface area contributed by atoms with Crippen LogP contribution in [0.1, 0.15) is 32.1 Å². The topological polar surface area (TPSA) is 99.9 Å². The summed E-state index contributed by atoms with van der Waals surface area (Å²) in [5.74, 6) is -0.578. The predicted molar refractivity (Wildman–Crippen MR) is 134 cm³/mol.